The van der Waals surface area contributed by atoms with E-state index in [1.54, 1.807) is 30.3 Å². The summed E-state index contributed by atoms with van der Waals surface area (Å²) in [5.41, 5.74) is 1.03. The molecular formula is C13H11BBrClO3. The van der Waals surface area contributed by atoms with Crippen molar-refractivity contribution in [3.63, 3.8) is 0 Å². The molecule has 2 aromatic carbocycles. The van der Waals surface area contributed by atoms with Crippen LogP contribution in [0, 0.1) is 0 Å². The number of hydrogen-bond acceptors (Lipinski definition) is 3. The van der Waals surface area contributed by atoms with Crippen molar-refractivity contribution in [2.75, 3.05) is 0 Å². The Morgan fingerprint density at radius 3 is 2.05 bits per heavy atom. The molecule has 2 N–H and O–H groups in total. The second-order valence-corrected chi connectivity index (χ2v) is 4.80. The lowest BCUT2D eigenvalue weighted by Gasteiger charge is -1.99. The zero-order valence-electron chi connectivity index (χ0n) is 9.83. The summed E-state index contributed by atoms with van der Waals surface area (Å²) in [6, 6.07) is 13.9. The minimum Gasteiger partial charge on any atom is -0.423 e. The van der Waals surface area contributed by atoms with Crippen LogP contribution in [0.3, 0.4) is 0 Å². The summed E-state index contributed by atoms with van der Waals surface area (Å²) in [6.07, 6.45) is 0.823. The van der Waals surface area contributed by atoms with Crippen LogP contribution in [0.2, 0.25) is 5.02 Å². The molecule has 0 heterocycles. The van der Waals surface area contributed by atoms with Crippen LogP contribution in [0.15, 0.2) is 53.0 Å². The Balaban J connectivity index is 0.000000191. The van der Waals surface area contributed by atoms with Crippen LogP contribution in [-0.2, 0) is 0 Å². The van der Waals surface area contributed by atoms with Gasteiger partial charge >= 0.3 is 7.12 Å². The van der Waals surface area contributed by atoms with Gasteiger partial charge < -0.3 is 10.0 Å². The van der Waals surface area contributed by atoms with Crippen molar-refractivity contribution in [2.45, 2.75) is 0 Å². The molecule has 0 saturated carbocycles. The van der Waals surface area contributed by atoms with Crippen LogP contribution in [0.4, 0.5) is 0 Å². The average molecular weight is 341 g/mol. The highest BCUT2D eigenvalue weighted by atomic mass is 79.9. The molecule has 0 saturated heterocycles. The molecule has 0 aliphatic heterocycles. The lowest BCUT2D eigenvalue weighted by molar-refractivity contribution is 0.112. The Kier molecular flexibility index (Phi) is 6.80. The molecule has 0 spiro atoms. The number of carbonyl (C=O) groups excluding carboxylic acids is 1. The molecule has 98 valence electrons. The van der Waals surface area contributed by atoms with Crippen LogP contribution in [0.25, 0.3) is 0 Å². The fraction of sp³-hybridized carbons (Fsp3) is 0. The summed E-state index contributed by atoms with van der Waals surface area (Å²) in [5, 5.41) is 17.7. The Hall–Kier alpha value is -1.14. The van der Waals surface area contributed by atoms with Gasteiger partial charge in [0.2, 0.25) is 0 Å². The first-order valence-electron chi connectivity index (χ1n) is 5.36. The molecule has 3 nitrogen and oxygen atoms in total. The third-order valence-corrected chi connectivity index (χ3v) is 3.28. The predicted molar refractivity (Wildman–Crippen MR) is 80.8 cm³/mol. The van der Waals surface area contributed by atoms with Gasteiger partial charge in [0, 0.05) is 20.5 Å². The summed E-state index contributed by atoms with van der Waals surface area (Å²) in [5.74, 6) is 0. The third-order valence-electron chi connectivity index (χ3n) is 2.22. The number of carbonyl (C=O) groups is 1. The van der Waals surface area contributed by atoms with Gasteiger partial charge in [0.25, 0.3) is 0 Å². The van der Waals surface area contributed by atoms with Crippen LogP contribution in [-0.4, -0.2) is 23.5 Å². The largest absolute Gasteiger partial charge is 0.489 e. The Morgan fingerprint density at radius 1 is 1.05 bits per heavy atom. The summed E-state index contributed by atoms with van der Waals surface area (Å²) in [6.45, 7) is 0. The zero-order chi connectivity index (χ0) is 14.3. The monoisotopic (exact) mass is 340 g/mol. The van der Waals surface area contributed by atoms with Crippen LogP contribution >= 0.6 is 27.5 Å². The van der Waals surface area contributed by atoms with Gasteiger partial charge in [-0.3, -0.25) is 4.79 Å². The molecule has 0 aliphatic carbocycles. The molecule has 0 amide bonds. The number of benzene rings is 2. The van der Waals surface area contributed by atoms with Crippen LogP contribution < -0.4 is 5.46 Å². The number of halogens is 2. The van der Waals surface area contributed by atoms with Gasteiger partial charge in [-0.05, 0) is 12.1 Å². The summed E-state index contributed by atoms with van der Waals surface area (Å²) in [7, 11) is -1.48. The van der Waals surface area contributed by atoms with E-state index in [0.717, 1.165) is 10.8 Å². The van der Waals surface area contributed by atoms with Crippen molar-refractivity contribution in [2.24, 2.45) is 0 Å². The fourth-order valence-electron chi connectivity index (χ4n) is 1.26. The van der Waals surface area contributed by atoms with E-state index in [-0.39, 0.29) is 0 Å². The molecule has 2 aromatic rings. The molecule has 19 heavy (non-hydrogen) atoms. The van der Waals surface area contributed by atoms with Gasteiger partial charge in [-0.2, -0.15) is 0 Å². The van der Waals surface area contributed by atoms with Crippen LogP contribution in [0.1, 0.15) is 10.4 Å². The molecule has 0 atom stereocenters. The highest BCUT2D eigenvalue weighted by Gasteiger charge is 2.12. The molecule has 0 bridgehead atoms. The van der Waals surface area contributed by atoms with Crippen molar-refractivity contribution >= 4 is 46.4 Å². The first-order valence-corrected chi connectivity index (χ1v) is 6.53. The van der Waals surface area contributed by atoms with E-state index in [9.17, 15) is 4.79 Å². The maximum absolute atomic E-state index is 10.2. The minimum absolute atomic E-state index is 0.337. The second kappa shape index (κ2) is 8.12. The van der Waals surface area contributed by atoms with Gasteiger partial charge in [0.05, 0.1) is 0 Å². The van der Waals surface area contributed by atoms with Crippen molar-refractivity contribution in [1.29, 1.82) is 0 Å². The molecule has 0 unspecified atom stereocenters. The zero-order valence-corrected chi connectivity index (χ0v) is 12.2. The second-order valence-electron chi connectivity index (χ2n) is 3.53. The first-order chi connectivity index (χ1) is 9.06. The van der Waals surface area contributed by atoms with Crippen molar-refractivity contribution in [3.8, 4) is 0 Å². The Labute approximate surface area is 125 Å². The van der Waals surface area contributed by atoms with E-state index in [1.807, 2.05) is 18.2 Å². The number of aldehydes is 1. The van der Waals surface area contributed by atoms with E-state index < -0.39 is 7.12 Å². The van der Waals surface area contributed by atoms with E-state index in [4.69, 9.17) is 21.6 Å². The molecule has 2 rings (SSSR count). The van der Waals surface area contributed by atoms with Crippen LogP contribution in [0.5, 0.6) is 0 Å². The van der Waals surface area contributed by atoms with E-state index in [1.165, 1.54) is 0 Å². The summed E-state index contributed by atoms with van der Waals surface area (Å²) in [4.78, 5) is 10.2. The van der Waals surface area contributed by atoms with Gasteiger partial charge in [-0.1, -0.05) is 63.9 Å². The van der Waals surface area contributed by atoms with Crippen molar-refractivity contribution in [1.82, 2.24) is 0 Å². The molecule has 0 aliphatic rings. The topological polar surface area (TPSA) is 57.5 Å². The van der Waals surface area contributed by atoms with Gasteiger partial charge in [0.1, 0.15) is 0 Å². The lowest BCUT2D eigenvalue weighted by Crippen LogP contribution is -2.30. The summed E-state index contributed by atoms with van der Waals surface area (Å²) < 4.78 is 0.847. The lowest BCUT2D eigenvalue weighted by atomic mass is 9.80. The smallest absolute Gasteiger partial charge is 0.423 e. The van der Waals surface area contributed by atoms with Gasteiger partial charge in [-0.15, -0.1) is 0 Å². The van der Waals surface area contributed by atoms with Gasteiger partial charge in [0.15, 0.2) is 6.29 Å². The predicted octanol–water partition coefficient (Wildman–Crippen LogP) is 2.28. The quantitative estimate of drug-likeness (QED) is 0.651. The standard InChI is InChI=1S/C7H5BrO.C6H6BClO2/c8-7-4-2-1-3-6(7)5-9;8-6-4-2-1-3-5(6)7(9)10/h1-5H;1-4,9-10H. The minimum atomic E-state index is -1.48. The number of hydrogen-bond donors (Lipinski definition) is 2. The molecule has 0 radical (unpaired) electrons. The average Bonchev–Trinajstić information content (AvgIpc) is 2.40. The molecule has 6 heteroatoms. The van der Waals surface area contributed by atoms with E-state index in [2.05, 4.69) is 15.9 Å². The van der Waals surface area contributed by atoms with Crippen molar-refractivity contribution < 1.29 is 14.8 Å². The molecular weight excluding hydrogens is 330 g/mol. The first kappa shape index (κ1) is 15.9. The maximum atomic E-state index is 10.2. The Morgan fingerprint density at radius 2 is 1.63 bits per heavy atom. The number of rotatable bonds is 2. The highest BCUT2D eigenvalue weighted by molar-refractivity contribution is 9.10. The van der Waals surface area contributed by atoms with Gasteiger partial charge in [-0.25, -0.2) is 0 Å². The SMILES string of the molecule is O=Cc1ccccc1Br.OB(O)c1ccccc1Cl. The highest BCUT2D eigenvalue weighted by Crippen LogP contribution is 2.12. The van der Waals surface area contributed by atoms with E-state index in [0.29, 0.717) is 16.0 Å². The third kappa shape index (κ3) is 5.16. The Bertz CT molecular complexity index is 549. The summed E-state index contributed by atoms with van der Waals surface area (Å²) >= 11 is 8.82. The van der Waals surface area contributed by atoms with Crippen molar-refractivity contribution in [3.05, 3.63) is 63.6 Å². The molecule has 0 fully saturated rings. The normalized spacial score (nSPS) is 9.26. The van der Waals surface area contributed by atoms with E-state index >= 15 is 0 Å². The molecule has 0 aromatic heterocycles. The fourth-order valence-corrected chi connectivity index (χ4v) is 1.87. The maximum Gasteiger partial charge on any atom is 0.489 e.